The van der Waals surface area contributed by atoms with Crippen LogP contribution in [-0.2, 0) is 19.0 Å². The summed E-state index contributed by atoms with van der Waals surface area (Å²) >= 11 is 0. The average molecular weight is 469 g/mol. The lowest BCUT2D eigenvalue weighted by molar-refractivity contribution is -0.207. The summed E-state index contributed by atoms with van der Waals surface area (Å²) in [4.78, 5) is 11.3. The van der Waals surface area contributed by atoms with Gasteiger partial charge in [0.2, 0.25) is 5.82 Å². The molecule has 0 aliphatic carbocycles. The lowest BCUT2D eigenvalue weighted by atomic mass is 10.0. The quantitative estimate of drug-likeness (QED) is 0.164. The molecule has 0 spiro atoms. The third-order valence-electron chi connectivity index (χ3n) is 5.64. The summed E-state index contributed by atoms with van der Waals surface area (Å²) in [7, 11) is 0. The predicted octanol–water partition coefficient (Wildman–Crippen LogP) is 6.66. The molecule has 2 rings (SSSR count). The number of benzene rings is 1. The standard InChI is InChI=1S/C26H38F2O5/c1-4-5-6-10-15-30-22-14-13-21(23(27)24(22)28)26-32-17-20(18-33-26)12-9-7-8-11-16-31-25(29)19(2)3/h13-14,20,26H,2,4-12,15-18H2,1,3H3. The molecular weight excluding hydrogens is 430 g/mol. The fraction of sp³-hybridized carbons (Fsp3) is 0.654. The van der Waals surface area contributed by atoms with Crippen molar-refractivity contribution in [3.63, 3.8) is 0 Å². The largest absolute Gasteiger partial charge is 0.490 e. The van der Waals surface area contributed by atoms with Gasteiger partial charge in [-0.05, 0) is 38.3 Å². The van der Waals surface area contributed by atoms with Gasteiger partial charge < -0.3 is 18.9 Å². The predicted molar refractivity (Wildman–Crippen MR) is 123 cm³/mol. The monoisotopic (exact) mass is 468 g/mol. The highest BCUT2D eigenvalue weighted by atomic mass is 19.2. The third kappa shape index (κ3) is 9.41. The Morgan fingerprint density at radius 1 is 1.00 bits per heavy atom. The van der Waals surface area contributed by atoms with Crippen LogP contribution < -0.4 is 4.74 Å². The summed E-state index contributed by atoms with van der Waals surface area (Å²) in [6.07, 6.45) is 7.87. The topological polar surface area (TPSA) is 54.0 Å². The van der Waals surface area contributed by atoms with E-state index in [1.54, 1.807) is 6.92 Å². The van der Waals surface area contributed by atoms with Gasteiger partial charge in [0, 0.05) is 17.1 Å². The Morgan fingerprint density at radius 2 is 1.67 bits per heavy atom. The molecule has 33 heavy (non-hydrogen) atoms. The third-order valence-corrected chi connectivity index (χ3v) is 5.64. The molecule has 0 saturated carbocycles. The number of ether oxygens (including phenoxy) is 4. The SMILES string of the molecule is C=C(C)C(=O)OCCCCCCC1COC(c2ccc(OCCCCCC)c(F)c2F)OC1. The molecule has 0 amide bonds. The fourth-order valence-electron chi connectivity index (χ4n) is 3.62. The van der Waals surface area contributed by atoms with E-state index in [4.69, 9.17) is 18.9 Å². The molecule has 0 atom stereocenters. The highest BCUT2D eigenvalue weighted by molar-refractivity contribution is 5.86. The van der Waals surface area contributed by atoms with Gasteiger partial charge in [0.1, 0.15) is 0 Å². The summed E-state index contributed by atoms with van der Waals surface area (Å²) in [6, 6.07) is 2.92. The Balaban J connectivity index is 1.66. The number of hydrogen-bond donors (Lipinski definition) is 0. The second-order valence-corrected chi connectivity index (χ2v) is 8.67. The van der Waals surface area contributed by atoms with E-state index in [9.17, 15) is 13.6 Å². The molecule has 1 aromatic carbocycles. The van der Waals surface area contributed by atoms with Gasteiger partial charge in [-0.2, -0.15) is 4.39 Å². The Morgan fingerprint density at radius 3 is 2.36 bits per heavy atom. The maximum Gasteiger partial charge on any atom is 0.333 e. The number of carbonyl (C=O) groups is 1. The van der Waals surface area contributed by atoms with E-state index in [-0.39, 0.29) is 23.2 Å². The van der Waals surface area contributed by atoms with Crippen molar-refractivity contribution >= 4 is 5.97 Å². The number of unbranched alkanes of at least 4 members (excludes halogenated alkanes) is 6. The first-order valence-electron chi connectivity index (χ1n) is 12.1. The summed E-state index contributed by atoms with van der Waals surface area (Å²) in [5.41, 5.74) is 0.476. The minimum Gasteiger partial charge on any atom is -0.490 e. The van der Waals surface area contributed by atoms with Gasteiger partial charge in [-0.15, -0.1) is 0 Å². The zero-order valence-corrected chi connectivity index (χ0v) is 20.0. The van der Waals surface area contributed by atoms with Crippen LogP contribution >= 0.6 is 0 Å². The van der Waals surface area contributed by atoms with E-state index in [1.165, 1.54) is 12.1 Å². The lowest BCUT2D eigenvalue weighted by Crippen LogP contribution is -2.27. The molecule has 1 aliphatic rings. The van der Waals surface area contributed by atoms with Crippen LogP contribution in [0.25, 0.3) is 0 Å². The maximum absolute atomic E-state index is 14.6. The van der Waals surface area contributed by atoms with Crippen LogP contribution in [0.4, 0.5) is 8.78 Å². The number of halogens is 2. The molecule has 1 aromatic rings. The van der Waals surface area contributed by atoms with Gasteiger partial charge in [0.25, 0.3) is 0 Å². The summed E-state index contributed by atoms with van der Waals surface area (Å²) in [6.45, 7) is 8.96. The van der Waals surface area contributed by atoms with E-state index in [0.29, 0.717) is 32.0 Å². The molecule has 1 aliphatic heterocycles. The Hall–Kier alpha value is -1.99. The van der Waals surface area contributed by atoms with Gasteiger partial charge in [-0.1, -0.05) is 52.0 Å². The molecule has 1 heterocycles. The van der Waals surface area contributed by atoms with Crippen LogP contribution in [0.3, 0.4) is 0 Å². The van der Waals surface area contributed by atoms with E-state index < -0.39 is 17.9 Å². The minimum atomic E-state index is -0.994. The first-order valence-corrected chi connectivity index (χ1v) is 12.1. The Kier molecular flexibility index (Phi) is 12.4. The summed E-state index contributed by atoms with van der Waals surface area (Å²) in [5.74, 6) is -2.16. The van der Waals surface area contributed by atoms with E-state index in [0.717, 1.165) is 57.8 Å². The van der Waals surface area contributed by atoms with E-state index in [1.807, 2.05) is 0 Å². The van der Waals surface area contributed by atoms with Crippen LogP contribution in [0, 0.1) is 17.6 Å². The molecular formula is C26H38F2O5. The van der Waals surface area contributed by atoms with Crippen molar-refractivity contribution in [1.82, 2.24) is 0 Å². The van der Waals surface area contributed by atoms with Crippen molar-refractivity contribution in [3.8, 4) is 5.75 Å². The van der Waals surface area contributed by atoms with Crippen LogP contribution in [-0.4, -0.2) is 32.4 Å². The van der Waals surface area contributed by atoms with Crippen molar-refractivity contribution in [3.05, 3.63) is 41.5 Å². The summed E-state index contributed by atoms with van der Waals surface area (Å²) in [5, 5.41) is 0. The molecule has 186 valence electrons. The first kappa shape index (κ1) is 27.3. The molecule has 0 radical (unpaired) electrons. The number of esters is 1. The number of carbonyl (C=O) groups excluding carboxylic acids is 1. The second-order valence-electron chi connectivity index (χ2n) is 8.67. The molecule has 0 bridgehead atoms. The molecule has 0 unspecified atom stereocenters. The van der Waals surface area contributed by atoms with Gasteiger partial charge in [0.05, 0.1) is 26.4 Å². The van der Waals surface area contributed by atoms with Gasteiger partial charge in [-0.3, -0.25) is 0 Å². The molecule has 0 N–H and O–H groups in total. The minimum absolute atomic E-state index is 0.0635. The highest BCUT2D eigenvalue weighted by Gasteiger charge is 2.28. The molecule has 7 heteroatoms. The van der Waals surface area contributed by atoms with Crippen molar-refractivity contribution in [2.45, 2.75) is 77.9 Å². The number of hydrogen-bond acceptors (Lipinski definition) is 5. The van der Waals surface area contributed by atoms with E-state index in [2.05, 4.69) is 13.5 Å². The van der Waals surface area contributed by atoms with Crippen molar-refractivity contribution < 1.29 is 32.5 Å². The number of rotatable bonds is 15. The van der Waals surface area contributed by atoms with Crippen molar-refractivity contribution in [2.75, 3.05) is 26.4 Å². The molecule has 1 fully saturated rings. The Bertz CT molecular complexity index is 744. The molecule has 1 saturated heterocycles. The van der Waals surface area contributed by atoms with Gasteiger partial charge in [0.15, 0.2) is 17.9 Å². The van der Waals surface area contributed by atoms with Crippen LogP contribution in [0.5, 0.6) is 5.75 Å². The molecule has 0 aromatic heterocycles. The highest BCUT2D eigenvalue weighted by Crippen LogP contribution is 2.32. The first-order chi connectivity index (χ1) is 15.9. The normalized spacial score (nSPS) is 18.2. The van der Waals surface area contributed by atoms with E-state index >= 15 is 0 Å². The second kappa shape index (κ2) is 15.0. The smallest absolute Gasteiger partial charge is 0.333 e. The average Bonchev–Trinajstić information content (AvgIpc) is 2.81. The lowest BCUT2D eigenvalue weighted by Gasteiger charge is -2.30. The van der Waals surface area contributed by atoms with Crippen LogP contribution in [0.2, 0.25) is 0 Å². The van der Waals surface area contributed by atoms with Gasteiger partial charge in [-0.25, -0.2) is 9.18 Å². The van der Waals surface area contributed by atoms with Crippen molar-refractivity contribution in [1.29, 1.82) is 0 Å². The van der Waals surface area contributed by atoms with Crippen LogP contribution in [0.15, 0.2) is 24.3 Å². The molecule has 5 nitrogen and oxygen atoms in total. The zero-order chi connectivity index (χ0) is 24.1. The maximum atomic E-state index is 14.6. The van der Waals surface area contributed by atoms with Crippen molar-refractivity contribution in [2.24, 2.45) is 5.92 Å². The summed E-state index contributed by atoms with van der Waals surface area (Å²) < 4.78 is 50.8. The Labute approximate surface area is 196 Å². The van der Waals surface area contributed by atoms with Crippen LogP contribution in [0.1, 0.15) is 83.5 Å². The zero-order valence-electron chi connectivity index (χ0n) is 20.0. The fourth-order valence-corrected chi connectivity index (χ4v) is 3.62. The van der Waals surface area contributed by atoms with Gasteiger partial charge >= 0.3 is 5.97 Å².